The largest absolute Gasteiger partial charge is 0.351 e. The summed E-state index contributed by atoms with van der Waals surface area (Å²) in [5, 5.41) is 0. The zero-order chi connectivity index (χ0) is 27.5. The van der Waals surface area contributed by atoms with Crippen molar-refractivity contribution in [1.29, 1.82) is 0 Å². The smallest absolute Gasteiger partial charge is 0.323 e. The highest BCUT2D eigenvalue weighted by Crippen LogP contribution is 2.34. The summed E-state index contributed by atoms with van der Waals surface area (Å²) >= 11 is 0. The van der Waals surface area contributed by atoms with E-state index in [0.717, 1.165) is 11.1 Å². The van der Waals surface area contributed by atoms with E-state index < -0.39 is 26.1 Å². The highest BCUT2D eigenvalue weighted by molar-refractivity contribution is 7.93. The number of benzene rings is 4. The molecule has 4 rings (SSSR count). The van der Waals surface area contributed by atoms with Crippen LogP contribution in [0.2, 0.25) is 0 Å². The molecule has 38 heavy (non-hydrogen) atoms. The Morgan fingerprint density at radius 3 is 1.58 bits per heavy atom. The summed E-state index contributed by atoms with van der Waals surface area (Å²) in [7, 11) is -8.20. The van der Waals surface area contributed by atoms with Gasteiger partial charge in [-0.05, 0) is 68.4 Å². The fourth-order valence-electron chi connectivity index (χ4n) is 3.67. The normalized spacial score (nSPS) is 11.5. The van der Waals surface area contributed by atoms with Crippen LogP contribution in [0.1, 0.15) is 11.1 Å². The van der Waals surface area contributed by atoms with Crippen molar-refractivity contribution < 1.29 is 21.6 Å². The summed E-state index contributed by atoms with van der Waals surface area (Å²) in [5.74, 6) is 0. The van der Waals surface area contributed by atoms with Crippen LogP contribution in [0.15, 0.2) is 107 Å². The number of nitrogens with zero attached hydrogens (tertiary/aromatic N) is 1. The van der Waals surface area contributed by atoms with Crippen molar-refractivity contribution in [2.75, 3.05) is 14.3 Å². The number of rotatable bonds is 8. The molecule has 2 amide bonds. The van der Waals surface area contributed by atoms with E-state index in [1.54, 1.807) is 54.6 Å². The summed E-state index contributed by atoms with van der Waals surface area (Å²) < 4.78 is 57.6. The molecule has 0 unspecified atom stereocenters. The minimum Gasteiger partial charge on any atom is -0.351 e. The van der Waals surface area contributed by atoms with Gasteiger partial charge in [-0.15, -0.1) is 0 Å². The molecule has 0 bridgehead atoms. The molecule has 0 heterocycles. The Labute approximate surface area is 222 Å². The van der Waals surface area contributed by atoms with Gasteiger partial charge in [-0.25, -0.2) is 21.6 Å². The molecule has 11 heteroatoms. The van der Waals surface area contributed by atoms with E-state index >= 15 is 0 Å². The number of carbonyl (C=O) groups excluding carboxylic acids is 1. The Bertz CT molecular complexity index is 1670. The maximum Gasteiger partial charge on any atom is 0.323 e. The predicted octanol–water partition coefficient (Wildman–Crippen LogP) is 5.12. The van der Waals surface area contributed by atoms with Crippen LogP contribution in [0.5, 0.6) is 0 Å². The van der Waals surface area contributed by atoms with Gasteiger partial charge in [-0.3, -0.25) is 14.3 Å². The van der Waals surface area contributed by atoms with E-state index in [-0.39, 0.29) is 26.9 Å². The lowest BCUT2D eigenvalue weighted by molar-refractivity contribution is 0.256. The second-order valence-electron chi connectivity index (χ2n) is 8.58. The number of nitrogens with two attached hydrogens (primary N) is 1. The van der Waals surface area contributed by atoms with Crippen molar-refractivity contribution in [3.8, 4) is 0 Å². The molecule has 0 aliphatic rings. The quantitative estimate of drug-likeness (QED) is 0.279. The molecule has 4 aromatic rings. The summed E-state index contributed by atoms with van der Waals surface area (Å²) in [5.41, 5.74) is 7.94. The van der Waals surface area contributed by atoms with Crippen molar-refractivity contribution in [3.63, 3.8) is 0 Å². The molecule has 0 atom stereocenters. The number of nitrogens with one attached hydrogen (secondary N) is 2. The molecule has 196 valence electrons. The van der Waals surface area contributed by atoms with Crippen molar-refractivity contribution in [1.82, 2.24) is 0 Å². The first-order valence-electron chi connectivity index (χ1n) is 11.4. The molecule has 0 saturated heterocycles. The molecule has 0 saturated carbocycles. The molecule has 0 fully saturated rings. The van der Waals surface area contributed by atoms with E-state index in [2.05, 4.69) is 9.44 Å². The Morgan fingerprint density at radius 2 is 1.11 bits per heavy atom. The Balaban J connectivity index is 1.81. The molecular weight excluding hydrogens is 524 g/mol. The molecule has 4 N–H and O–H groups in total. The number of primary amides is 1. The molecule has 4 aromatic carbocycles. The van der Waals surface area contributed by atoms with Crippen molar-refractivity contribution in [2.45, 2.75) is 23.6 Å². The third-order valence-electron chi connectivity index (χ3n) is 5.65. The van der Waals surface area contributed by atoms with Gasteiger partial charge in [0.05, 0.1) is 32.5 Å². The summed E-state index contributed by atoms with van der Waals surface area (Å²) in [4.78, 5) is 13.5. The van der Waals surface area contributed by atoms with Gasteiger partial charge in [-0.2, -0.15) is 0 Å². The van der Waals surface area contributed by atoms with Crippen LogP contribution in [-0.2, 0) is 20.0 Å². The van der Waals surface area contributed by atoms with Crippen molar-refractivity contribution in [3.05, 3.63) is 108 Å². The number of carbonyl (C=O) groups is 1. The third-order valence-corrected chi connectivity index (χ3v) is 8.41. The fourth-order valence-corrected chi connectivity index (χ4v) is 5.82. The minimum absolute atomic E-state index is 0.00238. The number of aryl methyl sites for hydroxylation is 2. The van der Waals surface area contributed by atoms with Crippen molar-refractivity contribution >= 4 is 48.8 Å². The van der Waals surface area contributed by atoms with Crippen LogP contribution in [0.4, 0.5) is 27.5 Å². The van der Waals surface area contributed by atoms with Crippen LogP contribution in [0, 0.1) is 13.8 Å². The zero-order valence-corrected chi connectivity index (χ0v) is 22.3. The van der Waals surface area contributed by atoms with Gasteiger partial charge in [0.15, 0.2) is 0 Å². The number of anilines is 4. The highest BCUT2D eigenvalue weighted by Gasteiger charge is 2.23. The SMILES string of the molecule is Cc1ccc(S(=O)(=O)Nc2ccc(N(C(N)=O)c3ccccc3)cc2NS(=O)(=O)c2ccc(C)cc2)cc1. The fraction of sp³-hybridized carbons (Fsp3) is 0.0741. The second-order valence-corrected chi connectivity index (χ2v) is 11.9. The number of hydrogen-bond donors (Lipinski definition) is 3. The maximum atomic E-state index is 13.2. The van der Waals surface area contributed by atoms with Crippen LogP contribution in [0.25, 0.3) is 0 Å². The van der Waals surface area contributed by atoms with Gasteiger partial charge in [-0.1, -0.05) is 53.6 Å². The highest BCUT2D eigenvalue weighted by atomic mass is 32.2. The Morgan fingerprint density at radius 1 is 0.632 bits per heavy atom. The van der Waals surface area contributed by atoms with E-state index in [1.807, 2.05) is 13.8 Å². The van der Waals surface area contributed by atoms with Gasteiger partial charge >= 0.3 is 6.03 Å². The summed E-state index contributed by atoms with van der Waals surface area (Å²) in [6, 6.07) is 24.3. The summed E-state index contributed by atoms with van der Waals surface area (Å²) in [6.07, 6.45) is 0. The topological polar surface area (TPSA) is 139 Å². The lowest BCUT2D eigenvalue weighted by Gasteiger charge is -2.23. The van der Waals surface area contributed by atoms with E-state index in [9.17, 15) is 21.6 Å². The first-order valence-corrected chi connectivity index (χ1v) is 14.4. The van der Waals surface area contributed by atoms with Crippen LogP contribution >= 0.6 is 0 Å². The zero-order valence-electron chi connectivity index (χ0n) is 20.6. The minimum atomic E-state index is -4.13. The average molecular weight is 551 g/mol. The van der Waals surface area contributed by atoms with Crippen LogP contribution in [0.3, 0.4) is 0 Å². The average Bonchev–Trinajstić information content (AvgIpc) is 2.86. The monoisotopic (exact) mass is 550 g/mol. The second kappa shape index (κ2) is 10.6. The van der Waals surface area contributed by atoms with E-state index in [4.69, 9.17) is 5.73 Å². The standard InChI is InChI=1S/C27H26N4O5S2/c1-19-8-13-23(14-9-19)37(33,34)29-25-17-12-22(31(27(28)32)21-6-4-3-5-7-21)18-26(25)30-38(35,36)24-15-10-20(2)11-16-24/h3-18,29-30H,1-2H3,(H2,28,32). The first-order chi connectivity index (χ1) is 18.0. The Hall–Kier alpha value is -4.35. The lowest BCUT2D eigenvalue weighted by atomic mass is 10.2. The number of para-hydroxylation sites is 1. The van der Waals surface area contributed by atoms with E-state index in [1.165, 1.54) is 47.4 Å². The third kappa shape index (κ3) is 5.96. The molecule has 0 radical (unpaired) electrons. The van der Waals surface area contributed by atoms with Crippen molar-refractivity contribution in [2.24, 2.45) is 5.73 Å². The predicted molar refractivity (Wildman–Crippen MR) is 149 cm³/mol. The van der Waals surface area contributed by atoms with Gasteiger partial charge in [0.25, 0.3) is 20.0 Å². The number of hydrogen-bond acceptors (Lipinski definition) is 5. The number of sulfonamides is 2. The molecule has 0 spiro atoms. The molecule has 0 aromatic heterocycles. The van der Waals surface area contributed by atoms with Gasteiger partial charge < -0.3 is 5.73 Å². The van der Waals surface area contributed by atoms with Gasteiger partial charge in [0.2, 0.25) is 0 Å². The maximum absolute atomic E-state index is 13.2. The van der Waals surface area contributed by atoms with Crippen LogP contribution < -0.4 is 20.1 Å². The number of urea groups is 1. The van der Waals surface area contributed by atoms with Gasteiger partial charge in [0, 0.05) is 0 Å². The molecule has 0 aliphatic heterocycles. The van der Waals surface area contributed by atoms with Gasteiger partial charge in [0.1, 0.15) is 0 Å². The lowest BCUT2D eigenvalue weighted by Crippen LogP contribution is -2.31. The molecular formula is C27H26N4O5S2. The summed E-state index contributed by atoms with van der Waals surface area (Å²) in [6.45, 7) is 3.66. The molecule has 0 aliphatic carbocycles. The van der Waals surface area contributed by atoms with Crippen LogP contribution in [-0.4, -0.2) is 22.9 Å². The first kappa shape index (κ1) is 26.7. The van der Waals surface area contributed by atoms with E-state index in [0.29, 0.717) is 5.69 Å². The molecule has 9 nitrogen and oxygen atoms in total. The number of amides is 2. The Kier molecular flexibility index (Phi) is 7.42.